The van der Waals surface area contributed by atoms with Gasteiger partial charge in [0.05, 0.1) is 23.8 Å². The van der Waals surface area contributed by atoms with Gasteiger partial charge in [-0.25, -0.2) is 0 Å². The summed E-state index contributed by atoms with van der Waals surface area (Å²) in [5.74, 6) is 0.303. The van der Waals surface area contributed by atoms with Gasteiger partial charge in [0, 0.05) is 19.3 Å². The first kappa shape index (κ1) is 14.6. The quantitative estimate of drug-likeness (QED) is 0.462. The van der Waals surface area contributed by atoms with Crippen molar-refractivity contribution in [3.8, 4) is 11.5 Å². The number of carbonyl (C=O) groups excluding carboxylic acids is 1. The minimum absolute atomic E-state index is 0.104. The van der Waals surface area contributed by atoms with Gasteiger partial charge in [0.1, 0.15) is 0 Å². The lowest BCUT2D eigenvalue weighted by Crippen LogP contribution is -2.15. The molecular weight excluding hydrogens is 276 g/mol. The van der Waals surface area contributed by atoms with Crippen LogP contribution in [-0.2, 0) is 7.05 Å². The Kier molecular flexibility index (Phi) is 4.22. The summed E-state index contributed by atoms with van der Waals surface area (Å²) < 4.78 is 12.1. The number of ketones is 1. The van der Waals surface area contributed by atoms with Gasteiger partial charge >= 0.3 is 0 Å². The minimum atomic E-state index is -0.526. The van der Waals surface area contributed by atoms with E-state index in [4.69, 9.17) is 9.47 Å². The Morgan fingerprint density at radius 1 is 1.33 bits per heavy atom. The van der Waals surface area contributed by atoms with Gasteiger partial charge in [-0.2, -0.15) is 0 Å². The van der Waals surface area contributed by atoms with Crippen molar-refractivity contribution in [2.45, 2.75) is 0 Å². The molecule has 0 bridgehead atoms. The average molecular weight is 290 g/mol. The molecule has 1 aromatic heterocycles. The number of aromatic nitrogens is 1. The van der Waals surface area contributed by atoms with E-state index in [1.165, 1.54) is 25.3 Å². The largest absolute Gasteiger partial charge is 0.493 e. The van der Waals surface area contributed by atoms with Crippen LogP contribution in [0.2, 0.25) is 0 Å². The van der Waals surface area contributed by atoms with E-state index in [2.05, 4.69) is 0 Å². The van der Waals surface area contributed by atoms with E-state index in [1.54, 1.807) is 29.9 Å². The van der Waals surface area contributed by atoms with Crippen LogP contribution in [-0.4, -0.2) is 29.0 Å². The number of hydrogen-bond acceptors (Lipinski definition) is 5. The Morgan fingerprint density at radius 3 is 2.67 bits per heavy atom. The van der Waals surface area contributed by atoms with Crippen LogP contribution >= 0.6 is 0 Å². The first-order chi connectivity index (χ1) is 10.0. The maximum Gasteiger partial charge on any atom is 0.273 e. The Morgan fingerprint density at radius 2 is 2.10 bits per heavy atom. The van der Waals surface area contributed by atoms with Crippen LogP contribution in [0.4, 0.5) is 5.69 Å². The van der Waals surface area contributed by atoms with Crippen LogP contribution in [0.3, 0.4) is 0 Å². The molecule has 0 aliphatic heterocycles. The SMILES string of the molecule is COc1cc([N+](=O)[O-])ccc1OCC(=O)c1cccn1C. The molecule has 7 heteroatoms. The first-order valence-electron chi connectivity index (χ1n) is 6.12. The number of aryl methyl sites for hydroxylation is 1. The zero-order valence-electron chi connectivity index (χ0n) is 11.6. The fraction of sp³-hybridized carbons (Fsp3) is 0.214. The summed E-state index contributed by atoms with van der Waals surface area (Å²) in [6.07, 6.45) is 1.76. The summed E-state index contributed by atoms with van der Waals surface area (Å²) in [5, 5.41) is 10.7. The number of ether oxygens (including phenoxy) is 2. The molecule has 0 radical (unpaired) electrons. The average Bonchev–Trinajstić information content (AvgIpc) is 2.90. The molecule has 0 fully saturated rings. The zero-order valence-corrected chi connectivity index (χ0v) is 11.6. The summed E-state index contributed by atoms with van der Waals surface area (Å²) in [7, 11) is 3.14. The van der Waals surface area contributed by atoms with Crippen molar-refractivity contribution in [3.05, 3.63) is 52.3 Å². The second-order valence-corrected chi connectivity index (χ2v) is 4.31. The number of Topliss-reactive ketones (excluding diaryl/α,β-unsaturated/α-hetero) is 1. The molecule has 0 aliphatic rings. The Balaban J connectivity index is 2.11. The molecule has 7 nitrogen and oxygen atoms in total. The molecule has 2 rings (SSSR count). The molecule has 0 atom stereocenters. The van der Waals surface area contributed by atoms with E-state index in [0.29, 0.717) is 5.69 Å². The van der Waals surface area contributed by atoms with Crippen LogP contribution in [0.15, 0.2) is 36.5 Å². The third-order valence-corrected chi connectivity index (χ3v) is 2.95. The van der Waals surface area contributed by atoms with Crippen LogP contribution in [0.1, 0.15) is 10.5 Å². The van der Waals surface area contributed by atoms with Crippen molar-refractivity contribution in [1.29, 1.82) is 0 Å². The highest BCUT2D eigenvalue weighted by atomic mass is 16.6. The number of methoxy groups -OCH3 is 1. The second kappa shape index (κ2) is 6.08. The molecule has 1 aromatic carbocycles. The number of carbonyl (C=O) groups is 1. The Bertz CT molecular complexity index is 678. The molecule has 0 aliphatic carbocycles. The number of nitrogens with zero attached hydrogens (tertiary/aromatic N) is 2. The molecule has 21 heavy (non-hydrogen) atoms. The molecular formula is C14H14N2O5. The van der Waals surface area contributed by atoms with Gasteiger partial charge in [0.2, 0.25) is 5.78 Å². The zero-order chi connectivity index (χ0) is 15.4. The molecule has 0 saturated carbocycles. The number of nitro groups is 1. The number of non-ortho nitro benzene ring substituents is 1. The fourth-order valence-corrected chi connectivity index (χ4v) is 1.86. The van der Waals surface area contributed by atoms with Crippen molar-refractivity contribution >= 4 is 11.5 Å². The Hall–Kier alpha value is -2.83. The molecule has 1 heterocycles. The van der Waals surface area contributed by atoms with E-state index in [9.17, 15) is 14.9 Å². The summed E-state index contributed by atoms with van der Waals surface area (Å²) in [5.41, 5.74) is 0.420. The molecule has 0 saturated heterocycles. The summed E-state index contributed by atoms with van der Waals surface area (Å²) in [6, 6.07) is 7.42. The van der Waals surface area contributed by atoms with Crippen molar-refractivity contribution in [2.75, 3.05) is 13.7 Å². The van der Waals surface area contributed by atoms with Crippen LogP contribution in [0.25, 0.3) is 0 Å². The number of hydrogen-bond donors (Lipinski definition) is 0. The molecule has 0 spiro atoms. The van der Waals surface area contributed by atoms with E-state index in [1.807, 2.05) is 0 Å². The predicted octanol–water partition coefficient (Wildman–Crippen LogP) is 2.20. The number of rotatable bonds is 6. The highest BCUT2D eigenvalue weighted by Gasteiger charge is 2.15. The third-order valence-electron chi connectivity index (χ3n) is 2.95. The van der Waals surface area contributed by atoms with Crippen molar-refractivity contribution in [3.63, 3.8) is 0 Å². The van der Waals surface area contributed by atoms with Crippen LogP contribution in [0, 0.1) is 10.1 Å². The smallest absolute Gasteiger partial charge is 0.273 e. The molecule has 110 valence electrons. The lowest BCUT2D eigenvalue weighted by molar-refractivity contribution is -0.384. The van der Waals surface area contributed by atoms with Gasteiger partial charge in [0.25, 0.3) is 5.69 Å². The van der Waals surface area contributed by atoms with Crippen molar-refractivity contribution in [2.24, 2.45) is 7.05 Å². The summed E-state index contributed by atoms with van der Waals surface area (Å²) in [4.78, 5) is 22.1. The second-order valence-electron chi connectivity index (χ2n) is 4.31. The van der Waals surface area contributed by atoms with E-state index in [-0.39, 0.29) is 29.6 Å². The standard InChI is InChI=1S/C14H14N2O5/c1-15-7-3-4-11(15)12(17)9-21-13-6-5-10(16(18)19)8-14(13)20-2/h3-8H,9H2,1-2H3. The molecule has 0 N–H and O–H groups in total. The number of benzene rings is 1. The summed E-state index contributed by atoms with van der Waals surface area (Å²) in [6.45, 7) is -0.175. The lowest BCUT2D eigenvalue weighted by atomic mass is 10.2. The van der Waals surface area contributed by atoms with E-state index in [0.717, 1.165) is 0 Å². The van der Waals surface area contributed by atoms with Gasteiger partial charge in [-0.05, 0) is 18.2 Å². The highest BCUT2D eigenvalue weighted by Crippen LogP contribution is 2.31. The molecule has 0 amide bonds. The van der Waals surface area contributed by atoms with Gasteiger partial charge in [-0.1, -0.05) is 0 Å². The van der Waals surface area contributed by atoms with E-state index >= 15 is 0 Å². The van der Waals surface area contributed by atoms with Gasteiger partial charge in [-0.15, -0.1) is 0 Å². The highest BCUT2D eigenvalue weighted by molar-refractivity contribution is 5.95. The third kappa shape index (κ3) is 3.19. The predicted molar refractivity (Wildman–Crippen MR) is 74.9 cm³/mol. The summed E-state index contributed by atoms with van der Waals surface area (Å²) >= 11 is 0. The molecule has 2 aromatic rings. The fourth-order valence-electron chi connectivity index (χ4n) is 1.86. The normalized spacial score (nSPS) is 10.2. The van der Waals surface area contributed by atoms with Crippen molar-refractivity contribution in [1.82, 2.24) is 4.57 Å². The van der Waals surface area contributed by atoms with Gasteiger partial charge in [0.15, 0.2) is 18.1 Å². The number of nitro benzene ring substituents is 1. The van der Waals surface area contributed by atoms with Gasteiger partial charge in [-0.3, -0.25) is 14.9 Å². The first-order valence-corrected chi connectivity index (χ1v) is 6.12. The topological polar surface area (TPSA) is 83.6 Å². The molecule has 0 unspecified atom stereocenters. The maximum atomic E-state index is 12.0. The van der Waals surface area contributed by atoms with Crippen LogP contribution < -0.4 is 9.47 Å². The van der Waals surface area contributed by atoms with Gasteiger partial charge < -0.3 is 14.0 Å². The Labute approximate surface area is 120 Å². The van der Waals surface area contributed by atoms with E-state index < -0.39 is 4.92 Å². The maximum absolute atomic E-state index is 12.0. The minimum Gasteiger partial charge on any atom is -0.493 e. The van der Waals surface area contributed by atoms with Crippen LogP contribution in [0.5, 0.6) is 11.5 Å². The monoisotopic (exact) mass is 290 g/mol. The van der Waals surface area contributed by atoms with Crippen molar-refractivity contribution < 1.29 is 19.2 Å². The lowest BCUT2D eigenvalue weighted by Gasteiger charge is -2.10.